The van der Waals surface area contributed by atoms with Crippen LogP contribution in [-0.2, 0) is 0 Å². The standard InChI is InChI=1S/C13H21N3O/c1-3-14-13(10-6-4-5-7-10)11-8-12(17-2)16-9-15-11/h8-10,13-14H,3-7H2,1-2H3. The minimum atomic E-state index is 0.347. The topological polar surface area (TPSA) is 47.0 Å². The van der Waals surface area contributed by atoms with Crippen molar-refractivity contribution in [1.29, 1.82) is 0 Å². The molecule has 4 heteroatoms. The third-order valence-electron chi connectivity index (χ3n) is 3.49. The van der Waals surface area contributed by atoms with E-state index >= 15 is 0 Å². The zero-order chi connectivity index (χ0) is 12.1. The lowest BCUT2D eigenvalue weighted by molar-refractivity contribution is 0.359. The summed E-state index contributed by atoms with van der Waals surface area (Å²) < 4.78 is 5.17. The van der Waals surface area contributed by atoms with Gasteiger partial charge in [-0.05, 0) is 25.3 Å². The summed E-state index contributed by atoms with van der Waals surface area (Å²) in [6, 6.07) is 2.30. The van der Waals surface area contributed by atoms with E-state index < -0.39 is 0 Å². The van der Waals surface area contributed by atoms with Gasteiger partial charge < -0.3 is 10.1 Å². The highest BCUT2D eigenvalue weighted by Gasteiger charge is 2.26. The monoisotopic (exact) mass is 235 g/mol. The number of hydrogen-bond acceptors (Lipinski definition) is 4. The Balaban J connectivity index is 2.18. The molecule has 2 rings (SSSR count). The summed E-state index contributed by atoms with van der Waals surface area (Å²) >= 11 is 0. The van der Waals surface area contributed by atoms with E-state index in [1.165, 1.54) is 25.7 Å². The number of nitrogens with zero attached hydrogens (tertiary/aromatic N) is 2. The van der Waals surface area contributed by atoms with Gasteiger partial charge in [-0.25, -0.2) is 9.97 Å². The summed E-state index contributed by atoms with van der Waals surface area (Å²) in [7, 11) is 1.64. The van der Waals surface area contributed by atoms with Crippen molar-refractivity contribution in [3.8, 4) is 5.88 Å². The highest BCUT2D eigenvalue weighted by molar-refractivity contribution is 5.17. The van der Waals surface area contributed by atoms with Crippen LogP contribution < -0.4 is 10.1 Å². The van der Waals surface area contributed by atoms with Gasteiger partial charge in [0, 0.05) is 6.07 Å². The van der Waals surface area contributed by atoms with E-state index in [0.29, 0.717) is 17.8 Å². The van der Waals surface area contributed by atoms with Gasteiger partial charge in [0.15, 0.2) is 0 Å². The van der Waals surface area contributed by atoms with E-state index in [4.69, 9.17) is 4.74 Å². The number of methoxy groups -OCH3 is 1. The highest BCUT2D eigenvalue weighted by Crippen LogP contribution is 2.35. The lowest BCUT2D eigenvalue weighted by atomic mass is 9.95. The molecule has 1 unspecified atom stereocenters. The second-order valence-corrected chi connectivity index (χ2v) is 4.57. The molecule has 0 bridgehead atoms. The molecule has 17 heavy (non-hydrogen) atoms. The van der Waals surface area contributed by atoms with Crippen molar-refractivity contribution in [2.45, 2.75) is 38.6 Å². The zero-order valence-corrected chi connectivity index (χ0v) is 10.6. The van der Waals surface area contributed by atoms with Gasteiger partial charge in [0.05, 0.1) is 18.8 Å². The largest absolute Gasteiger partial charge is 0.481 e. The van der Waals surface area contributed by atoms with Crippen molar-refractivity contribution in [3.63, 3.8) is 0 Å². The van der Waals surface area contributed by atoms with Gasteiger partial charge in [0.1, 0.15) is 6.33 Å². The summed E-state index contributed by atoms with van der Waals surface area (Å²) in [5.74, 6) is 1.35. The lowest BCUT2D eigenvalue weighted by Gasteiger charge is -2.23. The first-order valence-electron chi connectivity index (χ1n) is 6.44. The molecule has 1 aromatic heterocycles. The predicted octanol–water partition coefficient (Wildman–Crippen LogP) is 2.33. The summed E-state index contributed by atoms with van der Waals surface area (Å²) in [4.78, 5) is 8.46. The van der Waals surface area contributed by atoms with Gasteiger partial charge >= 0.3 is 0 Å². The van der Waals surface area contributed by atoms with Crippen LogP contribution in [0.1, 0.15) is 44.3 Å². The molecule has 1 N–H and O–H groups in total. The van der Waals surface area contributed by atoms with Crippen molar-refractivity contribution in [2.24, 2.45) is 5.92 Å². The second-order valence-electron chi connectivity index (χ2n) is 4.57. The van der Waals surface area contributed by atoms with Gasteiger partial charge in [-0.3, -0.25) is 0 Å². The molecule has 1 saturated carbocycles. The molecule has 0 aliphatic heterocycles. The summed E-state index contributed by atoms with van der Waals surface area (Å²) in [6.45, 7) is 3.11. The fourth-order valence-electron chi connectivity index (χ4n) is 2.66. The Bertz CT molecular complexity index is 350. The van der Waals surface area contributed by atoms with Crippen LogP contribution in [0, 0.1) is 5.92 Å². The fraction of sp³-hybridized carbons (Fsp3) is 0.692. The minimum Gasteiger partial charge on any atom is -0.481 e. The highest BCUT2D eigenvalue weighted by atomic mass is 16.5. The van der Waals surface area contributed by atoms with Crippen molar-refractivity contribution in [3.05, 3.63) is 18.1 Å². The number of hydrogen-bond donors (Lipinski definition) is 1. The molecule has 1 aromatic rings. The van der Waals surface area contributed by atoms with Crippen LogP contribution in [0.25, 0.3) is 0 Å². The quantitative estimate of drug-likeness (QED) is 0.851. The van der Waals surface area contributed by atoms with Crippen LogP contribution >= 0.6 is 0 Å². The van der Waals surface area contributed by atoms with Gasteiger partial charge in [0.25, 0.3) is 0 Å². The predicted molar refractivity (Wildman–Crippen MR) is 67.0 cm³/mol. The minimum absolute atomic E-state index is 0.347. The van der Waals surface area contributed by atoms with E-state index in [1.807, 2.05) is 6.07 Å². The SMILES string of the molecule is CCNC(c1cc(OC)ncn1)C1CCCC1. The smallest absolute Gasteiger partial charge is 0.216 e. The Morgan fingerprint density at radius 3 is 2.82 bits per heavy atom. The van der Waals surface area contributed by atoms with Crippen LogP contribution in [-0.4, -0.2) is 23.6 Å². The Morgan fingerprint density at radius 2 is 2.18 bits per heavy atom. The summed E-state index contributed by atoms with van der Waals surface area (Å²) in [6.07, 6.45) is 6.87. The first-order chi connectivity index (χ1) is 8.35. The van der Waals surface area contributed by atoms with Crippen LogP contribution in [0.5, 0.6) is 5.88 Å². The van der Waals surface area contributed by atoms with Gasteiger partial charge in [-0.1, -0.05) is 19.8 Å². The average Bonchev–Trinajstić information content (AvgIpc) is 2.89. The van der Waals surface area contributed by atoms with Crippen molar-refractivity contribution < 1.29 is 4.74 Å². The van der Waals surface area contributed by atoms with E-state index in [0.717, 1.165) is 12.2 Å². The number of ether oxygens (including phenoxy) is 1. The molecule has 0 amide bonds. The first-order valence-corrected chi connectivity index (χ1v) is 6.44. The van der Waals surface area contributed by atoms with Crippen molar-refractivity contribution in [1.82, 2.24) is 15.3 Å². The van der Waals surface area contributed by atoms with Crippen molar-refractivity contribution >= 4 is 0 Å². The molecule has 1 atom stereocenters. The van der Waals surface area contributed by atoms with Crippen LogP contribution in [0.2, 0.25) is 0 Å². The molecule has 1 aliphatic carbocycles. The molecule has 94 valence electrons. The zero-order valence-electron chi connectivity index (χ0n) is 10.6. The fourth-order valence-corrected chi connectivity index (χ4v) is 2.66. The Labute approximate surface area is 103 Å². The molecule has 1 heterocycles. The number of nitrogens with one attached hydrogen (secondary N) is 1. The maximum atomic E-state index is 5.17. The molecule has 4 nitrogen and oxygen atoms in total. The molecule has 0 aromatic carbocycles. The van der Waals surface area contributed by atoms with Crippen molar-refractivity contribution in [2.75, 3.05) is 13.7 Å². The normalized spacial score (nSPS) is 18.2. The first kappa shape index (κ1) is 12.3. The van der Waals surface area contributed by atoms with Crippen LogP contribution in [0.15, 0.2) is 12.4 Å². The Kier molecular flexibility index (Phi) is 4.31. The van der Waals surface area contributed by atoms with Gasteiger partial charge in [0.2, 0.25) is 5.88 Å². The maximum absolute atomic E-state index is 5.17. The van der Waals surface area contributed by atoms with E-state index in [1.54, 1.807) is 13.4 Å². The number of aromatic nitrogens is 2. The second kappa shape index (κ2) is 5.96. The third kappa shape index (κ3) is 2.94. The maximum Gasteiger partial charge on any atom is 0.216 e. The molecule has 0 radical (unpaired) electrons. The molecular weight excluding hydrogens is 214 g/mol. The van der Waals surface area contributed by atoms with Crippen LogP contribution in [0.3, 0.4) is 0 Å². The van der Waals surface area contributed by atoms with E-state index in [9.17, 15) is 0 Å². The molecule has 0 spiro atoms. The Morgan fingerprint density at radius 1 is 1.41 bits per heavy atom. The third-order valence-corrected chi connectivity index (χ3v) is 3.49. The van der Waals surface area contributed by atoms with E-state index in [2.05, 4.69) is 22.2 Å². The summed E-state index contributed by atoms with van der Waals surface area (Å²) in [5, 5.41) is 3.55. The Hall–Kier alpha value is -1.16. The molecule has 1 aliphatic rings. The molecule has 1 fully saturated rings. The number of rotatable bonds is 5. The van der Waals surface area contributed by atoms with Gasteiger partial charge in [-0.15, -0.1) is 0 Å². The lowest BCUT2D eigenvalue weighted by Crippen LogP contribution is -2.27. The van der Waals surface area contributed by atoms with Crippen LogP contribution in [0.4, 0.5) is 0 Å². The van der Waals surface area contributed by atoms with E-state index in [-0.39, 0.29) is 0 Å². The molecule has 0 saturated heterocycles. The summed E-state index contributed by atoms with van der Waals surface area (Å²) in [5.41, 5.74) is 1.06. The average molecular weight is 235 g/mol. The molecular formula is C13H21N3O. The van der Waals surface area contributed by atoms with Gasteiger partial charge in [-0.2, -0.15) is 0 Å².